The predicted molar refractivity (Wildman–Crippen MR) is 62.7 cm³/mol. The molecular weight excluding hydrogens is 202 g/mol. The molecule has 1 aromatic carbocycles. The number of aliphatic hydroxyl groups is 1. The maximum Gasteiger partial charge on any atom is 0.122 e. The third-order valence-corrected chi connectivity index (χ3v) is 3.36. The van der Waals surface area contributed by atoms with Gasteiger partial charge in [-0.25, -0.2) is 0 Å². The monoisotopic (exact) mass is 217 g/mol. The Labute approximate surface area is 94.0 Å². The fourth-order valence-electron chi connectivity index (χ4n) is 2.20. The first-order chi connectivity index (χ1) is 7.72. The molecule has 1 fully saturated rings. The van der Waals surface area contributed by atoms with Crippen LogP contribution in [-0.2, 0) is 6.42 Å². The Morgan fingerprint density at radius 3 is 2.88 bits per heavy atom. The molecule has 3 heteroatoms. The molecule has 3 nitrogen and oxygen atoms in total. The normalized spacial score (nSPS) is 17.6. The predicted octanol–water partition coefficient (Wildman–Crippen LogP) is 2.24. The molecule has 0 atom stereocenters. The highest BCUT2D eigenvalue weighted by Crippen LogP contribution is 2.41. The highest BCUT2D eigenvalue weighted by Gasteiger charge is 2.41. The van der Waals surface area contributed by atoms with E-state index >= 15 is 0 Å². The van der Waals surface area contributed by atoms with Crippen molar-refractivity contribution < 1.29 is 9.84 Å². The van der Waals surface area contributed by atoms with Crippen LogP contribution in [0.4, 0.5) is 0 Å². The average Bonchev–Trinajstić information content (AvgIpc) is 2.82. The van der Waals surface area contributed by atoms with Crippen LogP contribution in [0.25, 0.3) is 10.9 Å². The fraction of sp³-hybridized carbons (Fsp3) is 0.385. The van der Waals surface area contributed by atoms with E-state index in [4.69, 9.17) is 4.74 Å². The molecule has 1 heterocycles. The number of hydrogen-bond donors (Lipinski definition) is 2. The van der Waals surface area contributed by atoms with Crippen molar-refractivity contribution in [3.63, 3.8) is 0 Å². The first-order valence-electron chi connectivity index (χ1n) is 5.57. The summed E-state index contributed by atoms with van der Waals surface area (Å²) in [6.07, 6.45) is 4.41. The van der Waals surface area contributed by atoms with Gasteiger partial charge in [0, 0.05) is 29.1 Å². The van der Waals surface area contributed by atoms with E-state index in [0.717, 1.165) is 35.1 Å². The minimum Gasteiger partial charge on any atom is -0.496 e. The lowest BCUT2D eigenvalue weighted by molar-refractivity contribution is 0.150. The van der Waals surface area contributed by atoms with Crippen LogP contribution >= 0.6 is 0 Å². The van der Waals surface area contributed by atoms with Gasteiger partial charge in [0.2, 0.25) is 0 Å². The standard InChI is InChI=1S/C13H15NO2/c1-16-12-3-2-11-9(4-7-14-11)10(12)8-13(15)5-6-13/h2-4,7,14-15H,5-6,8H2,1H3. The number of ether oxygens (including phenoxy) is 1. The number of nitrogens with one attached hydrogen (secondary N) is 1. The molecule has 1 aliphatic carbocycles. The van der Waals surface area contributed by atoms with Crippen LogP contribution in [-0.4, -0.2) is 22.8 Å². The van der Waals surface area contributed by atoms with Gasteiger partial charge in [0.05, 0.1) is 12.7 Å². The summed E-state index contributed by atoms with van der Waals surface area (Å²) in [7, 11) is 1.67. The van der Waals surface area contributed by atoms with Crippen molar-refractivity contribution in [1.82, 2.24) is 4.98 Å². The molecule has 0 spiro atoms. The second-order valence-corrected chi connectivity index (χ2v) is 4.59. The van der Waals surface area contributed by atoms with E-state index < -0.39 is 5.60 Å². The maximum atomic E-state index is 10.0. The molecule has 0 aliphatic heterocycles. The van der Waals surface area contributed by atoms with Crippen molar-refractivity contribution in [2.45, 2.75) is 24.9 Å². The number of aromatic amines is 1. The topological polar surface area (TPSA) is 45.2 Å². The molecule has 1 saturated carbocycles. The number of hydrogen-bond acceptors (Lipinski definition) is 2. The number of benzene rings is 1. The summed E-state index contributed by atoms with van der Waals surface area (Å²) in [5.74, 6) is 0.868. The van der Waals surface area contributed by atoms with Gasteiger partial charge in [0.25, 0.3) is 0 Å². The van der Waals surface area contributed by atoms with Gasteiger partial charge in [-0.1, -0.05) is 0 Å². The second kappa shape index (κ2) is 3.25. The van der Waals surface area contributed by atoms with Gasteiger partial charge in [-0.15, -0.1) is 0 Å². The van der Waals surface area contributed by atoms with Crippen LogP contribution in [0.5, 0.6) is 5.75 Å². The third-order valence-electron chi connectivity index (χ3n) is 3.36. The SMILES string of the molecule is COc1ccc2[nH]ccc2c1CC1(O)CC1. The van der Waals surface area contributed by atoms with Crippen LogP contribution in [0, 0.1) is 0 Å². The summed E-state index contributed by atoms with van der Waals surface area (Å²) in [5.41, 5.74) is 1.72. The van der Waals surface area contributed by atoms with E-state index in [0.29, 0.717) is 6.42 Å². The molecular formula is C13H15NO2. The van der Waals surface area contributed by atoms with Crippen molar-refractivity contribution in [1.29, 1.82) is 0 Å². The van der Waals surface area contributed by atoms with E-state index in [1.165, 1.54) is 0 Å². The van der Waals surface area contributed by atoms with Crippen molar-refractivity contribution in [2.24, 2.45) is 0 Å². The lowest BCUT2D eigenvalue weighted by Gasteiger charge is -2.13. The summed E-state index contributed by atoms with van der Waals surface area (Å²) in [5, 5.41) is 11.2. The number of H-pyrrole nitrogens is 1. The Kier molecular flexibility index (Phi) is 1.98. The first-order valence-corrected chi connectivity index (χ1v) is 5.57. The molecule has 84 valence electrons. The second-order valence-electron chi connectivity index (χ2n) is 4.59. The maximum absolute atomic E-state index is 10.0. The van der Waals surface area contributed by atoms with Crippen LogP contribution in [0.1, 0.15) is 18.4 Å². The molecule has 16 heavy (non-hydrogen) atoms. The Morgan fingerprint density at radius 1 is 1.38 bits per heavy atom. The number of rotatable bonds is 3. The number of methoxy groups -OCH3 is 1. The average molecular weight is 217 g/mol. The minimum absolute atomic E-state index is 0.487. The third kappa shape index (κ3) is 1.48. The van der Waals surface area contributed by atoms with Gasteiger partial charge >= 0.3 is 0 Å². The van der Waals surface area contributed by atoms with Crippen LogP contribution < -0.4 is 4.74 Å². The van der Waals surface area contributed by atoms with Crippen molar-refractivity contribution in [3.05, 3.63) is 30.0 Å². The van der Waals surface area contributed by atoms with Gasteiger partial charge < -0.3 is 14.8 Å². The van der Waals surface area contributed by atoms with Crippen LogP contribution in [0.2, 0.25) is 0 Å². The van der Waals surface area contributed by atoms with E-state index in [-0.39, 0.29) is 0 Å². The Hall–Kier alpha value is -1.48. The van der Waals surface area contributed by atoms with Gasteiger partial charge in [0.1, 0.15) is 5.75 Å². The zero-order valence-corrected chi connectivity index (χ0v) is 9.29. The zero-order chi connectivity index (χ0) is 11.2. The smallest absolute Gasteiger partial charge is 0.122 e. The van der Waals surface area contributed by atoms with E-state index in [1.807, 2.05) is 24.4 Å². The molecule has 0 unspecified atom stereocenters. The van der Waals surface area contributed by atoms with Crippen LogP contribution in [0.15, 0.2) is 24.4 Å². The quantitative estimate of drug-likeness (QED) is 0.828. The minimum atomic E-state index is -0.487. The molecule has 2 N–H and O–H groups in total. The van der Waals surface area contributed by atoms with E-state index in [2.05, 4.69) is 4.98 Å². The molecule has 0 saturated heterocycles. The van der Waals surface area contributed by atoms with Gasteiger partial charge in [-0.2, -0.15) is 0 Å². The lowest BCUT2D eigenvalue weighted by Crippen LogP contribution is -2.11. The number of aromatic nitrogens is 1. The highest BCUT2D eigenvalue weighted by atomic mass is 16.5. The molecule has 3 rings (SSSR count). The summed E-state index contributed by atoms with van der Waals surface area (Å²) >= 11 is 0. The van der Waals surface area contributed by atoms with Crippen molar-refractivity contribution in [2.75, 3.05) is 7.11 Å². The zero-order valence-electron chi connectivity index (χ0n) is 9.29. The Morgan fingerprint density at radius 2 is 2.19 bits per heavy atom. The lowest BCUT2D eigenvalue weighted by atomic mass is 10.0. The number of fused-ring (bicyclic) bond motifs is 1. The fourth-order valence-corrected chi connectivity index (χ4v) is 2.20. The van der Waals surface area contributed by atoms with Crippen molar-refractivity contribution >= 4 is 10.9 Å². The van der Waals surface area contributed by atoms with Gasteiger partial charge in [0.15, 0.2) is 0 Å². The van der Waals surface area contributed by atoms with Crippen LogP contribution in [0.3, 0.4) is 0 Å². The first kappa shape index (κ1) is 9.73. The summed E-state index contributed by atoms with van der Waals surface area (Å²) in [6, 6.07) is 6.01. The van der Waals surface area contributed by atoms with E-state index in [1.54, 1.807) is 7.11 Å². The largest absolute Gasteiger partial charge is 0.496 e. The molecule has 0 radical (unpaired) electrons. The molecule has 1 aliphatic rings. The Balaban J connectivity index is 2.13. The van der Waals surface area contributed by atoms with Gasteiger partial charge in [-0.3, -0.25) is 0 Å². The van der Waals surface area contributed by atoms with E-state index in [9.17, 15) is 5.11 Å². The molecule has 0 amide bonds. The summed E-state index contributed by atoms with van der Waals surface area (Å²) in [4.78, 5) is 3.18. The van der Waals surface area contributed by atoms with Crippen molar-refractivity contribution in [3.8, 4) is 5.75 Å². The summed E-state index contributed by atoms with van der Waals surface area (Å²) < 4.78 is 5.37. The molecule has 1 aromatic heterocycles. The molecule has 0 bridgehead atoms. The summed E-state index contributed by atoms with van der Waals surface area (Å²) in [6.45, 7) is 0. The van der Waals surface area contributed by atoms with Gasteiger partial charge in [-0.05, 0) is 31.0 Å². The molecule has 2 aromatic rings. The Bertz CT molecular complexity index is 526. The highest BCUT2D eigenvalue weighted by molar-refractivity contribution is 5.85.